The fraction of sp³-hybridized carbons (Fsp3) is 0.211. The highest BCUT2D eigenvalue weighted by atomic mass is 32.1. The van der Waals surface area contributed by atoms with Crippen LogP contribution in [0.2, 0.25) is 0 Å². The van der Waals surface area contributed by atoms with Gasteiger partial charge in [-0.3, -0.25) is 0 Å². The quantitative estimate of drug-likeness (QED) is 0.640. The lowest BCUT2D eigenvalue weighted by Gasteiger charge is -2.22. The zero-order valence-electron chi connectivity index (χ0n) is 15.0. The Balaban J connectivity index is 1.66. The predicted octanol–water partition coefficient (Wildman–Crippen LogP) is 4.10. The van der Waals surface area contributed by atoms with Crippen molar-refractivity contribution in [3.8, 4) is 17.1 Å². The Kier molecular flexibility index (Phi) is 5.97. The summed E-state index contributed by atoms with van der Waals surface area (Å²) in [4.78, 5) is 6.31. The number of ether oxygens (including phenoxy) is 1. The van der Waals surface area contributed by atoms with E-state index in [2.05, 4.69) is 15.5 Å². The molecule has 0 spiro atoms. The van der Waals surface area contributed by atoms with Crippen molar-refractivity contribution >= 4 is 23.0 Å². The minimum absolute atomic E-state index is 0.296. The van der Waals surface area contributed by atoms with Gasteiger partial charge in [-0.05, 0) is 67.7 Å². The maximum atomic E-state index is 13.0. The van der Waals surface area contributed by atoms with E-state index in [0.29, 0.717) is 35.6 Å². The van der Waals surface area contributed by atoms with E-state index in [9.17, 15) is 4.39 Å². The first-order valence-electron chi connectivity index (χ1n) is 8.37. The van der Waals surface area contributed by atoms with Gasteiger partial charge in [-0.15, -0.1) is 0 Å². The number of rotatable bonds is 6. The molecule has 0 aliphatic heterocycles. The molecule has 0 bridgehead atoms. The first-order valence-corrected chi connectivity index (χ1v) is 8.78. The molecule has 0 saturated carbocycles. The van der Waals surface area contributed by atoms with E-state index >= 15 is 0 Å². The zero-order chi connectivity index (χ0) is 19.2. The molecule has 1 aromatic heterocycles. The van der Waals surface area contributed by atoms with Crippen molar-refractivity contribution in [2.24, 2.45) is 0 Å². The molecule has 0 saturated heterocycles. The Bertz CT molecular complexity index is 897. The van der Waals surface area contributed by atoms with Crippen LogP contribution in [-0.2, 0) is 6.54 Å². The van der Waals surface area contributed by atoms with Crippen molar-refractivity contribution < 1.29 is 13.7 Å². The monoisotopic (exact) mass is 386 g/mol. The van der Waals surface area contributed by atoms with E-state index in [1.165, 1.54) is 12.1 Å². The van der Waals surface area contributed by atoms with Crippen molar-refractivity contribution in [2.75, 3.05) is 19.0 Å². The number of hydrogen-bond donors (Lipinski definition) is 1. The molecule has 0 aliphatic rings. The molecule has 0 amide bonds. The molecule has 3 aromatic rings. The SMILES string of the molecule is CCN(Cc1nc(-c2ccc(OC)cc2)no1)C(=S)Nc1ccc(F)cc1. The van der Waals surface area contributed by atoms with Crippen LogP contribution >= 0.6 is 12.2 Å². The number of nitrogens with one attached hydrogen (secondary N) is 1. The van der Waals surface area contributed by atoms with E-state index in [-0.39, 0.29) is 5.82 Å². The van der Waals surface area contributed by atoms with Gasteiger partial charge in [-0.25, -0.2) is 4.39 Å². The van der Waals surface area contributed by atoms with Crippen LogP contribution in [0.5, 0.6) is 5.75 Å². The highest BCUT2D eigenvalue weighted by molar-refractivity contribution is 7.80. The summed E-state index contributed by atoms with van der Waals surface area (Å²) in [5.74, 6) is 1.42. The second kappa shape index (κ2) is 8.59. The normalized spacial score (nSPS) is 10.5. The van der Waals surface area contributed by atoms with Gasteiger partial charge in [0.25, 0.3) is 0 Å². The lowest BCUT2D eigenvalue weighted by Crippen LogP contribution is -2.34. The summed E-state index contributed by atoms with van der Waals surface area (Å²) in [7, 11) is 1.61. The van der Waals surface area contributed by atoms with Gasteiger partial charge in [0.2, 0.25) is 11.7 Å². The molecular weight excluding hydrogens is 367 g/mol. The first kappa shape index (κ1) is 18.8. The number of aromatic nitrogens is 2. The molecule has 140 valence electrons. The number of nitrogens with zero attached hydrogens (tertiary/aromatic N) is 3. The molecule has 8 heteroatoms. The number of hydrogen-bond acceptors (Lipinski definition) is 5. The number of benzene rings is 2. The maximum Gasteiger partial charge on any atom is 0.246 e. The third-order valence-electron chi connectivity index (χ3n) is 3.91. The molecule has 6 nitrogen and oxygen atoms in total. The summed E-state index contributed by atoms with van der Waals surface area (Å²) < 4.78 is 23.5. The second-order valence-corrected chi connectivity index (χ2v) is 6.08. The third-order valence-corrected chi connectivity index (χ3v) is 4.27. The summed E-state index contributed by atoms with van der Waals surface area (Å²) in [6.45, 7) is 2.99. The number of halogens is 1. The number of anilines is 1. The fourth-order valence-electron chi connectivity index (χ4n) is 2.40. The van der Waals surface area contributed by atoms with Gasteiger partial charge < -0.3 is 19.5 Å². The average molecular weight is 386 g/mol. The Morgan fingerprint density at radius 1 is 1.19 bits per heavy atom. The average Bonchev–Trinajstić information content (AvgIpc) is 3.16. The van der Waals surface area contributed by atoms with Gasteiger partial charge in [0.15, 0.2) is 5.11 Å². The summed E-state index contributed by atoms with van der Waals surface area (Å²) in [6, 6.07) is 13.4. The zero-order valence-corrected chi connectivity index (χ0v) is 15.8. The van der Waals surface area contributed by atoms with Crippen molar-refractivity contribution in [3.05, 3.63) is 60.2 Å². The van der Waals surface area contributed by atoms with Gasteiger partial charge in [-0.1, -0.05) is 5.16 Å². The van der Waals surface area contributed by atoms with Gasteiger partial charge in [0, 0.05) is 17.8 Å². The van der Waals surface area contributed by atoms with Crippen molar-refractivity contribution in [1.29, 1.82) is 0 Å². The van der Waals surface area contributed by atoms with Crippen LogP contribution in [0.1, 0.15) is 12.8 Å². The lowest BCUT2D eigenvalue weighted by atomic mass is 10.2. The topological polar surface area (TPSA) is 63.4 Å². The number of methoxy groups -OCH3 is 1. The van der Waals surface area contributed by atoms with Crippen molar-refractivity contribution in [2.45, 2.75) is 13.5 Å². The van der Waals surface area contributed by atoms with E-state index in [1.54, 1.807) is 19.2 Å². The highest BCUT2D eigenvalue weighted by Gasteiger charge is 2.15. The Morgan fingerprint density at radius 3 is 2.52 bits per heavy atom. The van der Waals surface area contributed by atoms with Gasteiger partial charge in [0.05, 0.1) is 13.7 Å². The van der Waals surface area contributed by atoms with Crippen molar-refractivity contribution in [3.63, 3.8) is 0 Å². The smallest absolute Gasteiger partial charge is 0.246 e. The van der Waals surface area contributed by atoms with Crippen LogP contribution in [0.25, 0.3) is 11.4 Å². The third kappa shape index (κ3) is 4.79. The molecule has 0 unspecified atom stereocenters. The molecule has 0 radical (unpaired) electrons. The number of thiocarbonyl (C=S) groups is 1. The van der Waals surface area contributed by atoms with E-state index in [0.717, 1.165) is 11.3 Å². The molecule has 0 fully saturated rings. The predicted molar refractivity (Wildman–Crippen MR) is 105 cm³/mol. The summed E-state index contributed by atoms with van der Waals surface area (Å²) in [5.41, 5.74) is 1.55. The largest absolute Gasteiger partial charge is 0.497 e. The summed E-state index contributed by atoms with van der Waals surface area (Å²) in [5, 5.41) is 7.60. The molecule has 2 aromatic carbocycles. The van der Waals surface area contributed by atoms with Crippen LogP contribution in [0.3, 0.4) is 0 Å². The lowest BCUT2D eigenvalue weighted by molar-refractivity contribution is 0.320. The Labute approximate surface area is 162 Å². The Hall–Kier alpha value is -3.00. The van der Waals surface area contributed by atoms with Gasteiger partial charge in [0.1, 0.15) is 11.6 Å². The van der Waals surface area contributed by atoms with E-state index in [1.807, 2.05) is 36.1 Å². The van der Waals surface area contributed by atoms with Gasteiger partial charge in [-0.2, -0.15) is 4.98 Å². The van der Waals surface area contributed by atoms with Crippen LogP contribution in [0.15, 0.2) is 53.1 Å². The second-order valence-electron chi connectivity index (χ2n) is 5.69. The molecule has 0 aliphatic carbocycles. The molecular formula is C19H19FN4O2S. The molecule has 1 N–H and O–H groups in total. The van der Waals surface area contributed by atoms with Crippen LogP contribution in [0, 0.1) is 5.82 Å². The molecule has 0 atom stereocenters. The van der Waals surface area contributed by atoms with Crippen LogP contribution in [-0.4, -0.2) is 33.8 Å². The molecule has 3 rings (SSSR count). The summed E-state index contributed by atoms with van der Waals surface area (Å²) >= 11 is 5.43. The Morgan fingerprint density at radius 2 is 1.89 bits per heavy atom. The molecule has 1 heterocycles. The standard InChI is InChI=1S/C19H19FN4O2S/c1-3-24(19(27)21-15-8-6-14(20)7-9-15)12-17-22-18(23-26-17)13-4-10-16(25-2)11-5-13/h4-11H,3,12H2,1-2H3,(H,21,27). The first-order chi connectivity index (χ1) is 13.1. The fourth-order valence-corrected chi connectivity index (χ4v) is 2.71. The van der Waals surface area contributed by atoms with Gasteiger partial charge >= 0.3 is 0 Å². The molecule has 27 heavy (non-hydrogen) atoms. The van der Waals surface area contributed by atoms with Crippen molar-refractivity contribution in [1.82, 2.24) is 15.0 Å². The van der Waals surface area contributed by atoms with Crippen LogP contribution in [0.4, 0.5) is 10.1 Å². The van der Waals surface area contributed by atoms with E-state index in [4.69, 9.17) is 21.5 Å². The van der Waals surface area contributed by atoms with E-state index < -0.39 is 0 Å². The highest BCUT2D eigenvalue weighted by Crippen LogP contribution is 2.20. The van der Waals surface area contributed by atoms with Crippen LogP contribution < -0.4 is 10.1 Å². The minimum Gasteiger partial charge on any atom is -0.497 e. The maximum absolute atomic E-state index is 13.0. The minimum atomic E-state index is -0.296. The summed E-state index contributed by atoms with van der Waals surface area (Å²) in [6.07, 6.45) is 0.